The van der Waals surface area contributed by atoms with Gasteiger partial charge in [0.2, 0.25) is 5.82 Å². The average Bonchev–Trinajstić information content (AvgIpc) is 3.11. The minimum atomic E-state index is -5.00. The number of nitrogens with one attached hydrogen (secondary N) is 2. The third kappa shape index (κ3) is 5.26. The van der Waals surface area contributed by atoms with Gasteiger partial charge in [-0.15, -0.1) is 0 Å². The van der Waals surface area contributed by atoms with Crippen molar-refractivity contribution in [2.45, 2.75) is 18.5 Å². The van der Waals surface area contributed by atoms with E-state index in [1.54, 1.807) is 0 Å². The Morgan fingerprint density at radius 1 is 0.632 bits per heavy atom. The van der Waals surface area contributed by atoms with E-state index in [0.717, 1.165) is 7.05 Å². The summed E-state index contributed by atoms with van der Waals surface area (Å²) in [6, 6.07) is 2.36. The summed E-state index contributed by atoms with van der Waals surface area (Å²) < 4.78 is 148. The van der Waals surface area contributed by atoms with Crippen LogP contribution in [0.3, 0.4) is 0 Å². The molecule has 0 saturated heterocycles. The highest BCUT2D eigenvalue weighted by Crippen LogP contribution is 2.37. The van der Waals surface area contributed by atoms with Crippen molar-refractivity contribution < 1.29 is 48.3 Å². The van der Waals surface area contributed by atoms with E-state index in [9.17, 15) is 48.3 Å². The van der Waals surface area contributed by atoms with Crippen molar-refractivity contribution in [1.82, 2.24) is 19.5 Å². The quantitative estimate of drug-likeness (QED) is 0.261. The van der Waals surface area contributed by atoms with Gasteiger partial charge >= 0.3 is 18.5 Å². The predicted molar refractivity (Wildman–Crippen MR) is 111 cm³/mol. The number of rotatable bonds is 4. The van der Waals surface area contributed by atoms with Crippen molar-refractivity contribution in [3.05, 3.63) is 65.0 Å². The molecule has 2 aromatic carbocycles. The largest absolute Gasteiger partial charge is 0.449 e. The molecular formula is C21H11F11N6. The van der Waals surface area contributed by atoms with Crippen LogP contribution >= 0.6 is 0 Å². The van der Waals surface area contributed by atoms with E-state index in [-0.39, 0.29) is 0 Å². The average molecular weight is 556 g/mol. The Morgan fingerprint density at radius 2 is 1.08 bits per heavy atom. The summed E-state index contributed by atoms with van der Waals surface area (Å²) in [5, 5.41) is 4.24. The number of alkyl halides is 9. The van der Waals surface area contributed by atoms with Crippen molar-refractivity contribution >= 4 is 34.3 Å². The summed E-state index contributed by atoms with van der Waals surface area (Å²) >= 11 is 0. The standard InChI is InChI=1S/C21H11F11N6/c1-38-17-16(37-18(38)21(30,31)32)35-14(33-12-6-8(19(24,25)26)2-4-10(12)22)15(36-17)34-13-7-9(20(27,28)29)3-5-11(13)23/h2-7H,1H3,(H,33,35)(H,34,36). The molecule has 0 aliphatic carbocycles. The first-order valence-corrected chi connectivity index (χ1v) is 10.0. The van der Waals surface area contributed by atoms with Crippen LogP contribution in [0.25, 0.3) is 11.3 Å². The highest BCUT2D eigenvalue weighted by Gasteiger charge is 2.38. The number of fused-ring (bicyclic) bond motifs is 1. The Balaban J connectivity index is 1.90. The lowest BCUT2D eigenvalue weighted by Gasteiger charge is -2.16. The fourth-order valence-corrected chi connectivity index (χ4v) is 3.27. The maximum absolute atomic E-state index is 14.4. The Hall–Kier alpha value is -4.18. The molecule has 2 aromatic heterocycles. The molecular weight excluding hydrogens is 545 g/mol. The van der Waals surface area contributed by atoms with E-state index in [2.05, 4.69) is 25.6 Å². The van der Waals surface area contributed by atoms with Crippen LogP contribution < -0.4 is 10.6 Å². The molecule has 0 bridgehead atoms. The monoisotopic (exact) mass is 556 g/mol. The molecule has 0 radical (unpaired) electrons. The van der Waals surface area contributed by atoms with Crippen molar-refractivity contribution in [3.8, 4) is 0 Å². The smallest absolute Gasteiger partial charge is 0.335 e. The highest BCUT2D eigenvalue weighted by atomic mass is 19.4. The van der Waals surface area contributed by atoms with Gasteiger partial charge in [0.25, 0.3) is 0 Å². The van der Waals surface area contributed by atoms with Gasteiger partial charge in [-0.3, -0.25) is 0 Å². The summed E-state index contributed by atoms with van der Waals surface area (Å²) in [5.74, 6) is -5.51. The summed E-state index contributed by atoms with van der Waals surface area (Å²) in [7, 11) is 0.890. The zero-order valence-electron chi connectivity index (χ0n) is 18.4. The zero-order chi connectivity index (χ0) is 28.2. The van der Waals surface area contributed by atoms with Crippen LogP contribution in [0.5, 0.6) is 0 Å². The Bertz CT molecular complexity index is 1520. The molecule has 6 nitrogen and oxygen atoms in total. The number of hydrogen-bond acceptors (Lipinski definition) is 5. The molecule has 0 amide bonds. The molecule has 0 saturated carbocycles. The van der Waals surface area contributed by atoms with Gasteiger partial charge in [0, 0.05) is 7.05 Å². The molecule has 0 spiro atoms. The number of anilines is 4. The minimum absolute atomic E-state index is 0.315. The number of aromatic nitrogens is 4. The van der Waals surface area contributed by atoms with Crippen LogP contribution in [0.2, 0.25) is 0 Å². The van der Waals surface area contributed by atoms with E-state index in [1.165, 1.54) is 0 Å². The molecule has 0 fully saturated rings. The summed E-state index contributed by atoms with van der Waals surface area (Å²) in [4.78, 5) is 10.8. The van der Waals surface area contributed by atoms with E-state index in [1.807, 2.05) is 0 Å². The number of halogens is 11. The SMILES string of the molecule is Cn1c(C(F)(F)F)nc2nc(Nc3cc(C(F)(F)F)ccc3F)c(Nc3cc(C(F)(F)F)ccc3F)nc21. The third-order valence-corrected chi connectivity index (χ3v) is 5.05. The molecule has 2 N–H and O–H groups in total. The van der Waals surface area contributed by atoms with E-state index in [4.69, 9.17) is 0 Å². The molecule has 4 aromatic rings. The lowest BCUT2D eigenvalue weighted by Crippen LogP contribution is -2.12. The molecule has 4 rings (SSSR count). The highest BCUT2D eigenvalue weighted by molar-refractivity contribution is 5.80. The topological polar surface area (TPSA) is 67.7 Å². The maximum atomic E-state index is 14.4. The van der Waals surface area contributed by atoms with Crippen molar-refractivity contribution in [1.29, 1.82) is 0 Å². The number of benzene rings is 2. The van der Waals surface area contributed by atoms with Crippen LogP contribution in [-0.4, -0.2) is 19.5 Å². The van der Waals surface area contributed by atoms with Gasteiger partial charge < -0.3 is 15.2 Å². The van der Waals surface area contributed by atoms with Gasteiger partial charge in [-0.1, -0.05) is 0 Å². The normalized spacial score (nSPS) is 12.7. The molecule has 17 heteroatoms. The molecule has 0 aliphatic heterocycles. The molecule has 0 atom stereocenters. The van der Waals surface area contributed by atoms with Gasteiger partial charge in [0.1, 0.15) is 11.6 Å². The predicted octanol–water partition coefficient (Wildman–Crippen LogP) is 7.19. The Morgan fingerprint density at radius 3 is 1.50 bits per heavy atom. The van der Waals surface area contributed by atoms with Gasteiger partial charge in [-0.2, -0.15) is 39.5 Å². The number of nitrogens with zero attached hydrogens (tertiary/aromatic N) is 4. The van der Waals surface area contributed by atoms with Gasteiger partial charge in [-0.05, 0) is 36.4 Å². The van der Waals surface area contributed by atoms with E-state index < -0.39 is 81.4 Å². The van der Waals surface area contributed by atoms with Crippen molar-refractivity contribution in [2.24, 2.45) is 7.05 Å². The van der Waals surface area contributed by atoms with Crippen LogP contribution in [-0.2, 0) is 25.6 Å². The lowest BCUT2D eigenvalue weighted by molar-refractivity contribution is -0.146. The van der Waals surface area contributed by atoms with Gasteiger partial charge in [0.05, 0.1) is 22.5 Å². The fourth-order valence-electron chi connectivity index (χ4n) is 3.27. The second-order valence-corrected chi connectivity index (χ2v) is 7.69. The molecule has 202 valence electrons. The maximum Gasteiger partial charge on any atom is 0.449 e. The van der Waals surface area contributed by atoms with Gasteiger partial charge in [0.15, 0.2) is 22.9 Å². The fraction of sp³-hybridized carbons (Fsp3) is 0.190. The number of imidazole rings is 1. The van der Waals surface area contributed by atoms with Crippen LogP contribution in [0.4, 0.5) is 71.3 Å². The van der Waals surface area contributed by atoms with Crippen LogP contribution in [0, 0.1) is 11.6 Å². The number of hydrogen-bond donors (Lipinski definition) is 2. The Labute approximate surface area is 204 Å². The second-order valence-electron chi connectivity index (χ2n) is 7.69. The summed E-state index contributed by atoms with van der Waals surface area (Å²) in [5.41, 5.74) is -5.64. The van der Waals surface area contributed by atoms with Crippen LogP contribution in [0.1, 0.15) is 17.0 Å². The van der Waals surface area contributed by atoms with Crippen molar-refractivity contribution in [2.75, 3.05) is 10.6 Å². The minimum Gasteiger partial charge on any atom is -0.335 e. The summed E-state index contributed by atoms with van der Waals surface area (Å²) in [6.07, 6.45) is -14.8. The van der Waals surface area contributed by atoms with Crippen LogP contribution in [0.15, 0.2) is 36.4 Å². The van der Waals surface area contributed by atoms with E-state index in [0.29, 0.717) is 41.0 Å². The van der Waals surface area contributed by atoms with Gasteiger partial charge in [-0.25, -0.2) is 23.7 Å². The molecule has 0 aliphatic rings. The second kappa shape index (κ2) is 8.98. The summed E-state index contributed by atoms with van der Waals surface area (Å²) in [6.45, 7) is 0. The number of aryl methyl sites for hydroxylation is 1. The zero-order valence-corrected chi connectivity index (χ0v) is 18.4. The molecule has 2 heterocycles. The molecule has 0 unspecified atom stereocenters. The first-order valence-electron chi connectivity index (χ1n) is 10.0. The van der Waals surface area contributed by atoms with Crippen molar-refractivity contribution in [3.63, 3.8) is 0 Å². The molecule has 38 heavy (non-hydrogen) atoms. The lowest BCUT2D eigenvalue weighted by atomic mass is 10.2. The Kier molecular flexibility index (Phi) is 6.35. The third-order valence-electron chi connectivity index (χ3n) is 5.05. The van der Waals surface area contributed by atoms with E-state index >= 15 is 0 Å². The first kappa shape index (κ1) is 26.9. The first-order chi connectivity index (χ1) is 17.4.